The summed E-state index contributed by atoms with van der Waals surface area (Å²) in [4.78, 5) is 29.9. The molecule has 154 valence electrons. The van der Waals surface area contributed by atoms with Crippen molar-refractivity contribution in [1.29, 1.82) is 0 Å². The monoisotopic (exact) mass is 426 g/mol. The first kappa shape index (κ1) is 21.1. The zero-order valence-corrected chi connectivity index (χ0v) is 16.0. The smallest absolute Gasteiger partial charge is 0.416 e. The van der Waals surface area contributed by atoms with Crippen LogP contribution < -0.4 is 4.74 Å². The highest BCUT2D eigenvalue weighted by molar-refractivity contribution is 6.30. The number of alkyl halides is 3. The molecule has 1 aromatic heterocycles. The van der Waals surface area contributed by atoms with Crippen LogP contribution in [0.4, 0.5) is 13.2 Å². The highest BCUT2D eigenvalue weighted by Gasteiger charge is 2.32. The third-order valence-electron chi connectivity index (χ3n) is 4.58. The molecule has 1 fully saturated rings. The average Bonchev–Trinajstić information content (AvgIpc) is 3.14. The van der Waals surface area contributed by atoms with Crippen molar-refractivity contribution in [3.8, 4) is 5.88 Å². The number of carbonyl (C=O) groups excluding carboxylic acids is 2. The van der Waals surface area contributed by atoms with Gasteiger partial charge in [-0.2, -0.15) is 13.2 Å². The van der Waals surface area contributed by atoms with Gasteiger partial charge in [0.15, 0.2) is 5.78 Å². The number of ether oxygens (including phenoxy) is 1. The molecule has 29 heavy (non-hydrogen) atoms. The van der Waals surface area contributed by atoms with Crippen molar-refractivity contribution in [2.24, 2.45) is 0 Å². The molecule has 1 amide bonds. The summed E-state index contributed by atoms with van der Waals surface area (Å²) in [6.45, 7) is 0.656. The van der Waals surface area contributed by atoms with Crippen LogP contribution in [0.15, 0.2) is 42.6 Å². The minimum absolute atomic E-state index is 0.0516. The van der Waals surface area contributed by atoms with E-state index in [1.54, 1.807) is 29.2 Å². The number of pyridine rings is 1. The standard InChI is InChI=1S/C20H18ClF3N2O3/c21-15-3-1-13(2-4-15)17(27)5-6-19(28)26-10-8-16(12-26)29-18-11-14(7-9-25-18)20(22,23)24/h1-4,7,9,11,16H,5-6,8,10,12H2. The summed E-state index contributed by atoms with van der Waals surface area (Å²) in [5, 5.41) is 0.524. The summed E-state index contributed by atoms with van der Waals surface area (Å²) in [5.74, 6) is -0.484. The summed E-state index contributed by atoms with van der Waals surface area (Å²) in [6.07, 6.45) is -3.28. The van der Waals surface area contributed by atoms with E-state index in [1.807, 2.05) is 0 Å². The van der Waals surface area contributed by atoms with E-state index in [2.05, 4.69) is 4.98 Å². The second-order valence-corrected chi connectivity index (χ2v) is 7.12. The zero-order chi connectivity index (χ0) is 21.0. The molecule has 1 aromatic carbocycles. The van der Waals surface area contributed by atoms with Gasteiger partial charge in [0, 0.05) is 48.7 Å². The van der Waals surface area contributed by atoms with E-state index in [-0.39, 0.29) is 37.0 Å². The van der Waals surface area contributed by atoms with Crippen LogP contribution in [-0.4, -0.2) is 40.8 Å². The lowest BCUT2D eigenvalue weighted by atomic mass is 10.1. The first-order chi connectivity index (χ1) is 13.7. The molecule has 0 bridgehead atoms. The van der Waals surface area contributed by atoms with Gasteiger partial charge in [-0.25, -0.2) is 4.98 Å². The Morgan fingerprint density at radius 2 is 1.90 bits per heavy atom. The van der Waals surface area contributed by atoms with Crippen LogP contribution in [0.25, 0.3) is 0 Å². The lowest BCUT2D eigenvalue weighted by Crippen LogP contribution is -2.31. The van der Waals surface area contributed by atoms with E-state index in [0.29, 0.717) is 23.6 Å². The Labute approximate surface area is 170 Å². The second-order valence-electron chi connectivity index (χ2n) is 6.68. The Hall–Kier alpha value is -2.61. The molecule has 0 spiro atoms. The molecule has 1 saturated heterocycles. The molecule has 0 N–H and O–H groups in total. The second kappa shape index (κ2) is 8.82. The topological polar surface area (TPSA) is 59.5 Å². The van der Waals surface area contributed by atoms with Gasteiger partial charge < -0.3 is 9.64 Å². The van der Waals surface area contributed by atoms with Gasteiger partial charge in [-0.15, -0.1) is 0 Å². The number of ketones is 1. The van der Waals surface area contributed by atoms with E-state index in [9.17, 15) is 22.8 Å². The van der Waals surface area contributed by atoms with Crippen molar-refractivity contribution in [2.75, 3.05) is 13.1 Å². The Morgan fingerprint density at radius 1 is 1.17 bits per heavy atom. The first-order valence-corrected chi connectivity index (χ1v) is 9.36. The third kappa shape index (κ3) is 5.69. The maximum Gasteiger partial charge on any atom is 0.416 e. The molecule has 0 saturated carbocycles. The van der Waals surface area contributed by atoms with E-state index in [1.165, 1.54) is 0 Å². The van der Waals surface area contributed by atoms with Gasteiger partial charge in [-0.3, -0.25) is 9.59 Å². The van der Waals surface area contributed by atoms with Crippen LogP contribution in [0.5, 0.6) is 5.88 Å². The number of rotatable bonds is 6. The van der Waals surface area contributed by atoms with Gasteiger partial charge in [-0.05, 0) is 30.3 Å². The van der Waals surface area contributed by atoms with Crippen LogP contribution in [-0.2, 0) is 11.0 Å². The Balaban J connectivity index is 1.49. The number of likely N-dealkylation sites (tertiary alicyclic amines) is 1. The van der Waals surface area contributed by atoms with Crippen molar-refractivity contribution in [2.45, 2.75) is 31.5 Å². The minimum Gasteiger partial charge on any atom is -0.472 e. The number of carbonyl (C=O) groups is 2. The first-order valence-electron chi connectivity index (χ1n) is 8.99. The molecule has 9 heteroatoms. The summed E-state index contributed by atoms with van der Waals surface area (Å²) < 4.78 is 43.8. The van der Waals surface area contributed by atoms with Crippen molar-refractivity contribution in [3.05, 3.63) is 58.7 Å². The summed E-state index contributed by atoms with van der Waals surface area (Å²) in [6, 6.07) is 8.15. The lowest BCUT2D eigenvalue weighted by Gasteiger charge is -2.17. The van der Waals surface area contributed by atoms with Crippen LogP contribution in [0.1, 0.15) is 35.2 Å². The normalized spacial score (nSPS) is 16.7. The highest BCUT2D eigenvalue weighted by atomic mass is 35.5. The minimum atomic E-state index is -4.48. The average molecular weight is 427 g/mol. The third-order valence-corrected chi connectivity index (χ3v) is 4.83. The predicted molar refractivity (Wildman–Crippen MR) is 99.9 cm³/mol. The van der Waals surface area contributed by atoms with Gasteiger partial charge in [-0.1, -0.05) is 11.6 Å². The van der Waals surface area contributed by atoms with Gasteiger partial charge in [0.2, 0.25) is 11.8 Å². The van der Waals surface area contributed by atoms with E-state index in [4.69, 9.17) is 16.3 Å². The van der Waals surface area contributed by atoms with Crippen LogP contribution in [0, 0.1) is 0 Å². The molecule has 0 aliphatic carbocycles. The molecule has 1 aliphatic heterocycles. The molecule has 1 aliphatic rings. The quantitative estimate of drug-likeness (QED) is 0.642. The number of hydrogen-bond donors (Lipinski definition) is 0. The maximum atomic E-state index is 12.8. The van der Waals surface area contributed by atoms with Gasteiger partial charge in [0.05, 0.1) is 12.1 Å². The summed E-state index contributed by atoms with van der Waals surface area (Å²) >= 11 is 5.79. The molecular formula is C20H18ClF3N2O3. The van der Waals surface area contributed by atoms with Crippen molar-refractivity contribution in [1.82, 2.24) is 9.88 Å². The molecule has 2 heterocycles. The highest BCUT2D eigenvalue weighted by Crippen LogP contribution is 2.31. The molecule has 5 nitrogen and oxygen atoms in total. The van der Waals surface area contributed by atoms with Crippen LogP contribution >= 0.6 is 11.6 Å². The summed E-state index contributed by atoms with van der Waals surface area (Å²) in [7, 11) is 0. The number of amides is 1. The van der Waals surface area contributed by atoms with Crippen molar-refractivity contribution in [3.63, 3.8) is 0 Å². The largest absolute Gasteiger partial charge is 0.472 e. The SMILES string of the molecule is O=C(CCC(=O)N1CCC(Oc2cc(C(F)(F)F)ccn2)C1)c1ccc(Cl)cc1. The Kier molecular flexibility index (Phi) is 6.42. The van der Waals surface area contributed by atoms with Gasteiger partial charge >= 0.3 is 6.18 Å². The van der Waals surface area contributed by atoms with Crippen molar-refractivity contribution < 1.29 is 27.5 Å². The Bertz CT molecular complexity index is 887. The molecule has 1 atom stereocenters. The Morgan fingerprint density at radius 3 is 2.59 bits per heavy atom. The number of halogens is 4. The van der Waals surface area contributed by atoms with Crippen molar-refractivity contribution >= 4 is 23.3 Å². The number of benzene rings is 1. The van der Waals surface area contributed by atoms with Gasteiger partial charge in [0.1, 0.15) is 6.10 Å². The molecule has 0 radical (unpaired) electrons. The molecular weight excluding hydrogens is 409 g/mol. The van der Waals surface area contributed by atoms with E-state index in [0.717, 1.165) is 18.3 Å². The molecule has 1 unspecified atom stereocenters. The molecule has 2 aromatic rings. The lowest BCUT2D eigenvalue weighted by molar-refractivity contribution is -0.137. The number of hydrogen-bond acceptors (Lipinski definition) is 4. The fraction of sp³-hybridized carbons (Fsp3) is 0.350. The predicted octanol–water partition coefficient (Wildman–Crippen LogP) is 4.40. The van der Waals surface area contributed by atoms with Gasteiger partial charge in [0.25, 0.3) is 0 Å². The molecule has 3 rings (SSSR count). The number of nitrogens with zero attached hydrogens (tertiary/aromatic N) is 2. The van der Waals surface area contributed by atoms with Crippen LogP contribution in [0.2, 0.25) is 5.02 Å². The summed E-state index contributed by atoms with van der Waals surface area (Å²) in [5.41, 5.74) is -0.352. The van der Waals surface area contributed by atoms with E-state index < -0.39 is 17.8 Å². The zero-order valence-electron chi connectivity index (χ0n) is 15.3. The maximum absolute atomic E-state index is 12.8. The number of aromatic nitrogens is 1. The fourth-order valence-corrected chi connectivity index (χ4v) is 3.16. The van der Waals surface area contributed by atoms with Crippen LogP contribution in [0.3, 0.4) is 0 Å². The number of Topliss-reactive ketones (excluding diaryl/α,β-unsaturated/α-hetero) is 1. The fourth-order valence-electron chi connectivity index (χ4n) is 3.03. The van der Waals surface area contributed by atoms with E-state index >= 15 is 0 Å².